The molecule has 0 bridgehead atoms. The van der Waals surface area contributed by atoms with Crippen molar-refractivity contribution in [2.45, 2.75) is 71.8 Å². The van der Waals surface area contributed by atoms with Gasteiger partial charge < -0.3 is 0 Å². The Bertz CT molecular complexity index is 400. The fourth-order valence-electron chi connectivity index (χ4n) is 1.38. The molecule has 0 aliphatic rings. The summed E-state index contributed by atoms with van der Waals surface area (Å²) < 4.78 is 11.5. The quantitative estimate of drug-likeness (QED) is 0.687. The first kappa shape index (κ1) is 21.5. The topological polar surface area (TPSA) is 17.1 Å². The fourth-order valence-corrected chi connectivity index (χ4v) is 2.47. The highest BCUT2D eigenvalue weighted by Gasteiger charge is 2.12. The average Bonchev–Trinajstić information content (AvgIpc) is 2.42. The van der Waals surface area contributed by atoms with Crippen LogP contribution in [0.1, 0.15) is 66.9 Å². The zero-order chi connectivity index (χ0) is 16.3. The molecule has 0 fully saturated rings. The molecule has 1 aromatic carbocycles. The summed E-state index contributed by atoms with van der Waals surface area (Å²) in [5.41, 5.74) is 1.41. The van der Waals surface area contributed by atoms with E-state index in [1.165, 1.54) is 5.56 Å². The van der Waals surface area contributed by atoms with Gasteiger partial charge in [-0.05, 0) is 26.9 Å². The zero-order valence-electron chi connectivity index (χ0n) is 14.6. The van der Waals surface area contributed by atoms with Crippen LogP contribution in [-0.4, -0.2) is 20.6 Å². The minimum atomic E-state index is -1.81. The van der Waals surface area contributed by atoms with Crippen molar-refractivity contribution in [3.8, 4) is 0 Å². The second kappa shape index (κ2) is 11.0. The van der Waals surface area contributed by atoms with Gasteiger partial charge in [-0.3, -0.25) is 4.21 Å². The van der Waals surface area contributed by atoms with Crippen molar-refractivity contribution in [1.29, 1.82) is 0 Å². The summed E-state index contributed by atoms with van der Waals surface area (Å²) in [6, 6.07) is 10.5. The van der Waals surface area contributed by atoms with Gasteiger partial charge in [0, 0.05) is 10.5 Å². The summed E-state index contributed by atoms with van der Waals surface area (Å²) in [4.78, 5) is 0. The third-order valence-corrected chi connectivity index (χ3v) is 6.25. The van der Waals surface area contributed by atoms with Crippen LogP contribution in [0.15, 0.2) is 30.3 Å². The Hall–Kier alpha value is -0.760. The van der Waals surface area contributed by atoms with Crippen molar-refractivity contribution in [3.63, 3.8) is 0 Å². The van der Waals surface area contributed by atoms with Crippen molar-refractivity contribution < 1.29 is 4.21 Å². The van der Waals surface area contributed by atoms with Gasteiger partial charge in [-0.15, -0.1) is 0 Å². The van der Waals surface area contributed by atoms with Crippen LogP contribution in [0.4, 0.5) is 0 Å². The van der Waals surface area contributed by atoms with Gasteiger partial charge in [0.1, 0.15) is 0 Å². The van der Waals surface area contributed by atoms with E-state index in [9.17, 15) is 4.21 Å². The van der Waals surface area contributed by atoms with Gasteiger partial charge in [-0.1, -0.05) is 85.7 Å². The second-order valence-electron chi connectivity index (χ2n) is 5.44. The summed E-state index contributed by atoms with van der Waals surface area (Å²) in [7, 11) is -1.81. The predicted octanol–water partition coefficient (Wildman–Crippen LogP) is 5.36. The van der Waals surface area contributed by atoms with E-state index in [-0.39, 0.29) is 10.5 Å². The predicted molar refractivity (Wildman–Crippen MR) is 97.4 cm³/mol. The largest absolute Gasteiger partial charge is 0.267 e. The first-order valence-corrected chi connectivity index (χ1v) is 9.44. The van der Waals surface area contributed by atoms with Crippen molar-refractivity contribution in [1.82, 2.24) is 0 Å². The highest BCUT2D eigenvalue weighted by molar-refractivity contribution is 8.01. The Morgan fingerprint density at radius 3 is 1.35 bits per heavy atom. The maximum absolute atomic E-state index is 11.5. The lowest BCUT2D eigenvalue weighted by Gasteiger charge is -2.16. The second-order valence-corrected chi connectivity index (χ2v) is 8.89. The van der Waals surface area contributed by atoms with Crippen molar-refractivity contribution in [3.05, 3.63) is 35.9 Å². The Labute approximate surface area is 127 Å². The number of rotatable bonds is 3. The molecule has 0 radical (unpaired) electrons. The van der Waals surface area contributed by atoms with Gasteiger partial charge in [-0.25, -0.2) is 0 Å². The Morgan fingerprint density at radius 1 is 0.850 bits per heavy atom. The summed E-state index contributed by atoms with van der Waals surface area (Å²) in [6.07, 6.45) is 0. The molecule has 1 rings (SSSR count). The lowest BCUT2D eigenvalue weighted by atomic mass is 10.0. The molecule has 1 aromatic rings. The number of hydrogen-bond acceptors (Lipinski definition) is 1. The Morgan fingerprint density at radius 2 is 1.20 bits per heavy atom. The molecule has 2 heteroatoms. The lowest BCUT2D eigenvalue weighted by Crippen LogP contribution is -2.22. The average molecular weight is 299 g/mol. The van der Waals surface area contributed by atoms with Crippen LogP contribution in [0.3, 0.4) is 0 Å². The summed E-state index contributed by atoms with van der Waals surface area (Å²) in [5, 5.41) is 0.412. The van der Waals surface area contributed by atoms with E-state index in [1.54, 1.807) is 0 Å². The van der Waals surface area contributed by atoms with Gasteiger partial charge in [0.05, 0.1) is 0 Å². The molecule has 1 nitrogen and oxygen atoms in total. The van der Waals surface area contributed by atoms with Gasteiger partial charge >= 0.3 is 0 Å². The zero-order valence-corrected chi connectivity index (χ0v) is 15.5. The molecular weight excluding hydrogens is 264 g/mol. The molecule has 20 heavy (non-hydrogen) atoms. The van der Waals surface area contributed by atoms with E-state index in [4.69, 9.17) is 0 Å². The third-order valence-electron chi connectivity index (χ3n) is 3.06. The molecule has 0 amide bonds. The van der Waals surface area contributed by atoms with E-state index in [2.05, 4.69) is 44.0 Å². The van der Waals surface area contributed by atoms with Gasteiger partial charge in [0.25, 0.3) is 0 Å². The maximum atomic E-state index is 11.5. The van der Waals surface area contributed by atoms with E-state index in [1.807, 2.05) is 47.6 Å². The van der Waals surface area contributed by atoms with E-state index < -0.39 is 9.52 Å². The van der Waals surface area contributed by atoms with Crippen molar-refractivity contribution >= 4 is 15.4 Å². The lowest BCUT2D eigenvalue weighted by molar-refractivity contribution is 0.667. The molecule has 0 atom stereocenters. The normalized spacial score (nSPS) is 10.8. The molecule has 0 aliphatic carbocycles. The van der Waals surface area contributed by atoms with Crippen LogP contribution in [0.2, 0.25) is 0 Å². The number of benzene rings is 1. The molecule has 0 saturated heterocycles. The van der Waals surface area contributed by atoms with E-state index in [0.717, 1.165) is 0 Å². The third kappa shape index (κ3) is 8.42. The molecule has 0 unspecified atom stereocenters. The molecule has 0 aromatic heterocycles. The van der Waals surface area contributed by atoms with Gasteiger partial charge in [0.15, 0.2) is 0 Å². The van der Waals surface area contributed by atoms with Crippen LogP contribution < -0.4 is 0 Å². The van der Waals surface area contributed by atoms with Crippen LogP contribution in [0.25, 0.3) is 0 Å². The first-order valence-electron chi connectivity index (χ1n) is 7.59. The van der Waals surface area contributed by atoms with Crippen molar-refractivity contribution in [2.75, 3.05) is 0 Å². The standard InChI is InChI=1S/C9H12.C7H16OS.C2H6/c1-8(2)9-6-4-3-5-7-9;1-6(2)9(5,8)7(3)4;1-2/h3-8H,1-2H3;6-7H,5H2,1-4H3;1-2H3. The molecule has 0 heterocycles. The monoisotopic (exact) mass is 298 g/mol. The molecule has 0 aliphatic heterocycles. The SMILES string of the molecule is C=S(=O)(C(C)C)C(C)C.CC.CC(C)c1ccccc1. The summed E-state index contributed by atoms with van der Waals surface area (Å²) in [6.45, 7) is 16.2. The van der Waals surface area contributed by atoms with Gasteiger partial charge in [-0.2, -0.15) is 0 Å². The smallest absolute Gasteiger partial charge is 0.0218 e. The van der Waals surface area contributed by atoms with Crippen LogP contribution >= 0.6 is 0 Å². The first-order chi connectivity index (χ1) is 9.19. The molecule has 0 spiro atoms. The molecular formula is C18H34OS. The molecule has 0 saturated carbocycles. The van der Waals surface area contributed by atoms with Gasteiger partial charge in [0.2, 0.25) is 0 Å². The minimum Gasteiger partial charge on any atom is -0.267 e. The Balaban J connectivity index is 0. The maximum Gasteiger partial charge on any atom is 0.0218 e. The Kier molecular flexibility index (Phi) is 11.8. The summed E-state index contributed by atoms with van der Waals surface area (Å²) >= 11 is 0. The molecule has 0 N–H and O–H groups in total. The fraction of sp³-hybridized carbons (Fsp3) is 0.611. The summed E-state index contributed by atoms with van der Waals surface area (Å²) in [5.74, 6) is 4.36. The van der Waals surface area contributed by atoms with E-state index in [0.29, 0.717) is 5.92 Å². The van der Waals surface area contributed by atoms with Crippen LogP contribution in [-0.2, 0) is 9.52 Å². The van der Waals surface area contributed by atoms with Crippen LogP contribution in [0, 0.1) is 0 Å². The highest BCUT2D eigenvalue weighted by atomic mass is 32.2. The number of hydrogen-bond donors (Lipinski definition) is 0. The van der Waals surface area contributed by atoms with Crippen LogP contribution in [0.5, 0.6) is 0 Å². The van der Waals surface area contributed by atoms with Crippen molar-refractivity contribution in [2.24, 2.45) is 0 Å². The highest BCUT2D eigenvalue weighted by Crippen LogP contribution is 2.11. The molecule has 118 valence electrons. The van der Waals surface area contributed by atoms with E-state index >= 15 is 0 Å². The minimum absolute atomic E-state index is 0.206.